The molecule has 0 saturated carbocycles. The van der Waals surface area contributed by atoms with Gasteiger partial charge in [-0.3, -0.25) is 4.79 Å². The molecule has 1 aromatic carbocycles. The molecule has 0 aliphatic rings. The average Bonchev–Trinajstić information content (AvgIpc) is 2.68. The van der Waals surface area contributed by atoms with Crippen LogP contribution in [0.3, 0.4) is 0 Å². The predicted molar refractivity (Wildman–Crippen MR) is 63.6 cm³/mol. The van der Waals surface area contributed by atoms with Gasteiger partial charge >= 0.3 is 0 Å². The van der Waals surface area contributed by atoms with E-state index in [2.05, 4.69) is 30.9 Å². The van der Waals surface area contributed by atoms with Crippen LogP contribution < -0.4 is 5.32 Å². The Hall–Kier alpha value is -1.33. The summed E-state index contributed by atoms with van der Waals surface area (Å²) in [6, 6.07) is 4.96. The first-order valence-electron chi connectivity index (χ1n) is 4.32. The molecule has 1 aromatic heterocycles. The maximum atomic E-state index is 11.8. The van der Waals surface area contributed by atoms with Gasteiger partial charge in [0, 0.05) is 15.1 Å². The number of amides is 1. The van der Waals surface area contributed by atoms with Crippen LogP contribution in [0.5, 0.6) is 0 Å². The van der Waals surface area contributed by atoms with Crippen LogP contribution in [0.4, 0.5) is 5.69 Å². The minimum atomic E-state index is -0.272. The van der Waals surface area contributed by atoms with Gasteiger partial charge in [-0.05, 0) is 18.2 Å². The largest absolute Gasteiger partial charge is 0.363 e. The van der Waals surface area contributed by atoms with Crippen molar-refractivity contribution in [2.75, 3.05) is 5.32 Å². The molecular weight excluding hydrogens is 295 g/mol. The number of benzene rings is 1. The van der Waals surface area contributed by atoms with Gasteiger partial charge < -0.3 is 9.84 Å². The normalized spacial score (nSPS) is 10.1. The SMILES string of the molecule is O=C(Nc1cnoc1)c1cc(Cl)cc(Br)c1. The average molecular weight is 302 g/mol. The molecule has 0 radical (unpaired) electrons. The van der Waals surface area contributed by atoms with Crippen molar-refractivity contribution in [1.82, 2.24) is 5.16 Å². The summed E-state index contributed by atoms with van der Waals surface area (Å²) in [4.78, 5) is 11.8. The minimum absolute atomic E-state index is 0.272. The number of anilines is 1. The zero-order valence-corrected chi connectivity index (χ0v) is 10.2. The molecule has 0 unspecified atom stereocenters. The molecule has 2 rings (SSSR count). The third-order valence-electron chi connectivity index (χ3n) is 1.81. The molecule has 82 valence electrons. The number of nitrogens with one attached hydrogen (secondary N) is 1. The van der Waals surface area contributed by atoms with Crippen LogP contribution in [-0.2, 0) is 0 Å². The van der Waals surface area contributed by atoms with Crippen molar-refractivity contribution < 1.29 is 9.32 Å². The van der Waals surface area contributed by atoms with Gasteiger partial charge in [-0.15, -0.1) is 0 Å². The van der Waals surface area contributed by atoms with Crippen LogP contribution in [0.15, 0.2) is 39.7 Å². The molecule has 0 aliphatic carbocycles. The minimum Gasteiger partial charge on any atom is -0.363 e. The molecule has 0 aliphatic heterocycles. The van der Waals surface area contributed by atoms with Gasteiger partial charge in [0.1, 0.15) is 12.0 Å². The number of halogens is 2. The molecule has 2 aromatic rings. The Bertz CT molecular complexity index is 493. The van der Waals surface area contributed by atoms with Gasteiger partial charge in [0.05, 0.1) is 6.20 Å². The third kappa shape index (κ3) is 2.62. The van der Waals surface area contributed by atoms with E-state index in [0.29, 0.717) is 16.3 Å². The number of hydrogen-bond donors (Lipinski definition) is 1. The van der Waals surface area contributed by atoms with Crippen LogP contribution in [0.25, 0.3) is 0 Å². The fraction of sp³-hybridized carbons (Fsp3) is 0. The lowest BCUT2D eigenvalue weighted by Crippen LogP contribution is -2.11. The Kier molecular flexibility index (Phi) is 3.26. The summed E-state index contributed by atoms with van der Waals surface area (Å²) in [5, 5.41) is 6.59. The van der Waals surface area contributed by atoms with Gasteiger partial charge in [-0.2, -0.15) is 0 Å². The molecule has 0 fully saturated rings. The van der Waals surface area contributed by atoms with Gasteiger partial charge in [-0.25, -0.2) is 0 Å². The first-order valence-corrected chi connectivity index (χ1v) is 5.49. The molecule has 6 heteroatoms. The van der Waals surface area contributed by atoms with E-state index >= 15 is 0 Å². The summed E-state index contributed by atoms with van der Waals surface area (Å²) in [7, 11) is 0. The van der Waals surface area contributed by atoms with E-state index in [1.165, 1.54) is 12.5 Å². The van der Waals surface area contributed by atoms with E-state index in [0.717, 1.165) is 4.47 Å². The highest BCUT2D eigenvalue weighted by Gasteiger charge is 2.08. The van der Waals surface area contributed by atoms with Crippen molar-refractivity contribution >= 4 is 39.1 Å². The Morgan fingerprint density at radius 3 is 2.88 bits per heavy atom. The smallest absolute Gasteiger partial charge is 0.255 e. The molecule has 1 heterocycles. The number of carbonyl (C=O) groups is 1. The van der Waals surface area contributed by atoms with Crippen LogP contribution >= 0.6 is 27.5 Å². The van der Waals surface area contributed by atoms with Crippen LogP contribution in [0, 0.1) is 0 Å². The Morgan fingerprint density at radius 2 is 2.25 bits per heavy atom. The van der Waals surface area contributed by atoms with Gasteiger partial charge in [0.2, 0.25) is 0 Å². The second-order valence-electron chi connectivity index (χ2n) is 3.03. The summed E-state index contributed by atoms with van der Waals surface area (Å²) in [6.45, 7) is 0. The zero-order chi connectivity index (χ0) is 11.5. The highest BCUT2D eigenvalue weighted by Crippen LogP contribution is 2.20. The number of aromatic nitrogens is 1. The lowest BCUT2D eigenvalue weighted by Gasteiger charge is -2.03. The zero-order valence-electron chi connectivity index (χ0n) is 7.91. The van der Waals surface area contributed by atoms with E-state index in [1.54, 1.807) is 18.2 Å². The van der Waals surface area contributed by atoms with Crippen LogP contribution in [-0.4, -0.2) is 11.1 Å². The van der Waals surface area contributed by atoms with Gasteiger partial charge in [0.15, 0.2) is 0 Å². The Morgan fingerprint density at radius 1 is 1.44 bits per heavy atom. The maximum absolute atomic E-state index is 11.8. The van der Waals surface area contributed by atoms with Crippen molar-refractivity contribution in [3.63, 3.8) is 0 Å². The Labute approximate surface area is 105 Å². The van der Waals surface area contributed by atoms with Crippen molar-refractivity contribution in [2.45, 2.75) is 0 Å². The second kappa shape index (κ2) is 4.67. The summed E-state index contributed by atoms with van der Waals surface area (Å²) in [5.74, 6) is -0.272. The molecule has 1 amide bonds. The van der Waals surface area contributed by atoms with E-state index in [9.17, 15) is 4.79 Å². The first-order chi connectivity index (χ1) is 7.65. The van der Waals surface area contributed by atoms with Crippen molar-refractivity contribution in [3.8, 4) is 0 Å². The molecular formula is C10H6BrClN2O2. The second-order valence-corrected chi connectivity index (χ2v) is 4.38. The molecule has 0 atom stereocenters. The Balaban J connectivity index is 2.21. The number of carbonyl (C=O) groups excluding carboxylic acids is 1. The van der Waals surface area contributed by atoms with Crippen LogP contribution in [0.2, 0.25) is 5.02 Å². The number of rotatable bonds is 2. The lowest BCUT2D eigenvalue weighted by atomic mass is 10.2. The first kappa shape index (κ1) is 11.2. The quantitative estimate of drug-likeness (QED) is 0.925. The van der Waals surface area contributed by atoms with E-state index < -0.39 is 0 Å². The topological polar surface area (TPSA) is 55.1 Å². The highest BCUT2D eigenvalue weighted by molar-refractivity contribution is 9.10. The molecule has 1 N–H and O–H groups in total. The van der Waals surface area contributed by atoms with Crippen LogP contribution in [0.1, 0.15) is 10.4 Å². The fourth-order valence-electron chi connectivity index (χ4n) is 1.15. The highest BCUT2D eigenvalue weighted by atomic mass is 79.9. The number of nitrogens with zero attached hydrogens (tertiary/aromatic N) is 1. The fourth-order valence-corrected chi connectivity index (χ4v) is 2.01. The molecule has 4 nitrogen and oxygen atoms in total. The lowest BCUT2D eigenvalue weighted by molar-refractivity contribution is 0.102. The standard InChI is InChI=1S/C10H6BrClN2O2/c11-7-1-6(2-8(12)3-7)10(15)14-9-4-13-16-5-9/h1-5H,(H,14,15). The summed E-state index contributed by atoms with van der Waals surface area (Å²) >= 11 is 9.10. The van der Waals surface area contributed by atoms with E-state index in [-0.39, 0.29) is 5.91 Å². The summed E-state index contributed by atoms with van der Waals surface area (Å²) in [6.07, 6.45) is 2.76. The molecule has 16 heavy (non-hydrogen) atoms. The van der Waals surface area contributed by atoms with E-state index in [4.69, 9.17) is 11.6 Å². The maximum Gasteiger partial charge on any atom is 0.255 e. The molecule has 0 saturated heterocycles. The molecule has 0 bridgehead atoms. The summed E-state index contributed by atoms with van der Waals surface area (Å²) < 4.78 is 5.34. The third-order valence-corrected chi connectivity index (χ3v) is 2.49. The van der Waals surface area contributed by atoms with Crippen molar-refractivity contribution in [1.29, 1.82) is 0 Å². The number of hydrogen-bond acceptors (Lipinski definition) is 3. The van der Waals surface area contributed by atoms with Crippen molar-refractivity contribution in [2.24, 2.45) is 0 Å². The molecule has 0 spiro atoms. The predicted octanol–water partition coefficient (Wildman–Crippen LogP) is 3.34. The van der Waals surface area contributed by atoms with Gasteiger partial charge in [-0.1, -0.05) is 32.7 Å². The van der Waals surface area contributed by atoms with Crippen molar-refractivity contribution in [3.05, 3.63) is 45.7 Å². The van der Waals surface area contributed by atoms with Gasteiger partial charge in [0.25, 0.3) is 5.91 Å². The van der Waals surface area contributed by atoms with E-state index in [1.807, 2.05) is 0 Å². The monoisotopic (exact) mass is 300 g/mol. The summed E-state index contributed by atoms with van der Waals surface area (Å²) in [5.41, 5.74) is 0.960.